The van der Waals surface area contributed by atoms with Crippen molar-refractivity contribution in [2.24, 2.45) is 5.92 Å². The zero-order valence-electron chi connectivity index (χ0n) is 15.3. The van der Waals surface area contributed by atoms with Crippen LogP contribution >= 0.6 is 0 Å². The van der Waals surface area contributed by atoms with Crippen molar-refractivity contribution in [2.45, 2.75) is 32.4 Å². The Labute approximate surface area is 154 Å². The predicted molar refractivity (Wildman–Crippen MR) is 100 cm³/mol. The number of amides is 2. The van der Waals surface area contributed by atoms with Gasteiger partial charge in [-0.25, -0.2) is 9.69 Å². The molecule has 1 aliphatic heterocycles. The Morgan fingerprint density at radius 2 is 1.50 bits per heavy atom. The van der Waals surface area contributed by atoms with Crippen molar-refractivity contribution in [1.29, 1.82) is 0 Å². The maximum Gasteiger partial charge on any atom is 0.418 e. The highest BCUT2D eigenvalue weighted by atomic mass is 16.6. The minimum Gasteiger partial charge on any atom is -0.430 e. The number of cyclic esters (lactones) is 1. The number of imide groups is 1. The Bertz CT molecular complexity index is 787. The van der Waals surface area contributed by atoms with Crippen LogP contribution < -0.4 is 0 Å². The van der Waals surface area contributed by atoms with E-state index >= 15 is 0 Å². The topological polar surface area (TPSA) is 46.6 Å². The van der Waals surface area contributed by atoms with Crippen LogP contribution in [0.3, 0.4) is 0 Å². The normalized spacial score (nSPS) is 18.7. The van der Waals surface area contributed by atoms with Gasteiger partial charge in [-0.15, -0.1) is 0 Å². The van der Waals surface area contributed by atoms with Crippen LogP contribution in [0.25, 0.3) is 0 Å². The minimum atomic E-state index is -1.06. The Balaban J connectivity index is 2.28. The SMILES string of the molecule is C=C(C)C(=O)N1C(=O)OC(c2ccccc2)(c2ccccc2)[C@@H]1C(C)C. The third-order valence-corrected chi connectivity index (χ3v) is 4.76. The third kappa shape index (κ3) is 2.71. The van der Waals surface area contributed by atoms with Gasteiger partial charge in [0, 0.05) is 16.7 Å². The van der Waals surface area contributed by atoms with Crippen molar-refractivity contribution in [2.75, 3.05) is 0 Å². The van der Waals surface area contributed by atoms with Gasteiger partial charge < -0.3 is 4.74 Å². The molecule has 0 bridgehead atoms. The first-order valence-corrected chi connectivity index (χ1v) is 8.72. The Morgan fingerprint density at radius 3 is 1.88 bits per heavy atom. The molecule has 2 aromatic carbocycles. The molecule has 2 amide bonds. The monoisotopic (exact) mass is 349 g/mol. The Kier molecular flexibility index (Phi) is 4.68. The van der Waals surface area contributed by atoms with Crippen LogP contribution in [0, 0.1) is 5.92 Å². The lowest BCUT2D eigenvalue weighted by atomic mass is 9.75. The maximum absolute atomic E-state index is 12.8. The number of nitrogens with zero attached hydrogens (tertiary/aromatic N) is 1. The molecule has 0 saturated carbocycles. The van der Waals surface area contributed by atoms with Crippen LogP contribution in [0.1, 0.15) is 31.9 Å². The van der Waals surface area contributed by atoms with E-state index in [0.717, 1.165) is 11.1 Å². The predicted octanol–water partition coefficient (Wildman–Crippen LogP) is 4.51. The maximum atomic E-state index is 12.8. The molecule has 134 valence electrons. The molecule has 1 saturated heterocycles. The molecule has 4 nitrogen and oxygen atoms in total. The van der Waals surface area contributed by atoms with Gasteiger partial charge in [0.05, 0.1) is 6.04 Å². The molecule has 0 spiro atoms. The molecule has 1 fully saturated rings. The van der Waals surface area contributed by atoms with Crippen LogP contribution in [0.2, 0.25) is 0 Å². The van der Waals surface area contributed by atoms with Crippen LogP contribution in [0.4, 0.5) is 4.79 Å². The summed E-state index contributed by atoms with van der Waals surface area (Å²) in [5, 5.41) is 0. The van der Waals surface area contributed by atoms with Gasteiger partial charge in [0.2, 0.25) is 0 Å². The van der Waals surface area contributed by atoms with Crippen LogP contribution in [-0.4, -0.2) is 22.9 Å². The molecule has 26 heavy (non-hydrogen) atoms. The van der Waals surface area contributed by atoms with Gasteiger partial charge in [0.15, 0.2) is 5.60 Å². The molecule has 1 heterocycles. The largest absolute Gasteiger partial charge is 0.430 e. The molecular formula is C22H23NO3. The molecule has 0 radical (unpaired) electrons. The van der Waals surface area contributed by atoms with E-state index < -0.39 is 23.6 Å². The second-order valence-corrected chi connectivity index (χ2v) is 6.98. The lowest BCUT2D eigenvalue weighted by Crippen LogP contribution is -2.50. The van der Waals surface area contributed by atoms with Gasteiger partial charge in [-0.05, 0) is 12.8 Å². The van der Waals surface area contributed by atoms with Crippen molar-refractivity contribution in [3.05, 3.63) is 83.9 Å². The summed E-state index contributed by atoms with van der Waals surface area (Å²) >= 11 is 0. The lowest BCUT2D eigenvalue weighted by molar-refractivity contribution is -0.126. The molecule has 2 aromatic rings. The van der Waals surface area contributed by atoms with E-state index in [2.05, 4.69) is 6.58 Å². The summed E-state index contributed by atoms with van der Waals surface area (Å²) in [5.41, 5.74) is 0.939. The molecule has 4 heteroatoms. The summed E-state index contributed by atoms with van der Waals surface area (Å²) in [5.74, 6) is -0.424. The smallest absolute Gasteiger partial charge is 0.418 e. The third-order valence-electron chi connectivity index (χ3n) is 4.76. The number of hydrogen-bond donors (Lipinski definition) is 0. The lowest BCUT2D eigenvalue weighted by Gasteiger charge is -2.37. The van der Waals surface area contributed by atoms with Crippen molar-refractivity contribution in [3.8, 4) is 0 Å². The van der Waals surface area contributed by atoms with E-state index in [1.807, 2.05) is 74.5 Å². The zero-order valence-corrected chi connectivity index (χ0v) is 15.3. The van der Waals surface area contributed by atoms with Crippen molar-refractivity contribution in [1.82, 2.24) is 4.90 Å². The number of carbonyl (C=O) groups excluding carboxylic acids is 2. The fourth-order valence-corrected chi connectivity index (χ4v) is 3.72. The number of carbonyl (C=O) groups is 2. The first kappa shape index (κ1) is 17.9. The molecule has 1 atom stereocenters. The first-order chi connectivity index (χ1) is 12.4. The quantitative estimate of drug-likeness (QED) is 0.763. The van der Waals surface area contributed by atoms with Gasteiger partial charge in [-0.3, -0.25) is 4.79 Å². The number of ether oxygens (including phenoxy) is 1. The summed E-state index contributed by atoms with van der Waals surface area (Å²) in [6.07, 6.45) is -0.635. The van der Waals surface area contributed by atoms with E-state index in [1.54, 1.807) is 6.92 Å². The summed E-state index contributed by atoms with van der Waals surface area (Å²) in [4.78, 5) is 26.8. The highest BCUT2D eigenvalue weighted by Gasteiger charge is 2.59. The van der Waals surface area contributed by atoms with Gasteiger partial charge in [0.1, 0.15) is 0 Å². The van der Waals surface area contributed by atoms with Crippen molar-refractivity contribution < 1.29 is 14.3 Å². The van der Waals surface area contributed by atoms with E-state index in [1.165, 1.54) is 4.90 Å². The molecule has 1 aliphatic rings. The molecule has 0 aliphatic carbocycles. The standard InChI is InChI=1S/C22H23NO3/c1-15(2)19-22(17-11-7-5-8-12-17,18-13-9-6-10-14-18)26-21(25)23(19)20(24)16(3)4/h5-15,19H,3H2,1-2,4H3/t19-/m0/s1. The van der Waals surface area contributed by atoms with Crippen molar-refractivity contribution in [3.63, 3.8) is 0 Å². The van der Waals surface area contributed by atoms with Gasteiger partial charge in [-0.2, -0.15) is 0 Å². The summed E-state index contributed by atoms with van der Waals surface area (Å²) in [6.45, 7) is 9.32. The van der Waals surface area contributed by atoms with Crippen LogP contribution in [-0.2, 0) is 15.1 Å². The highest BCUT2D eigenvalue weighted by Crippen LogP contribution is 2.47. The second kappa shape index (κ2) is 6.79. The van der Waals surface area contributed by atoms with Gasteiger partial charge >= 0.3 is 6.09 Å². The number of hydrogen-bond acceptors (Lipinski definition) is 3. The highest BCUT2D eigenvalue weighted by molar-refractivity contribution is 6.03. The first-order valence-electron chi connectivity index (χ1n) is 8.72. The molecule has 0 unspecified atom stereocenters. The minimum absolute atomic E-state index is 0.0230. The van der Waals surface area contributed by atoms with Gasteiger partial charge in [0.25, 0.3) is 5.91 Å². The van der Waals surface area contributed by atoms with E-state index in [0.29, 0.717) is 5.57 Å². The van der Waals surface area contributed by atoms with Crippen LogP contribution in [0.5, 0.6) is 0 Å². The molecule has 0 N–H and O–H groups in total. The molecule has 3 rings (SSSR count). The fraction of sp³-hybridized carbons (Fsp3) is 0.273. The molecule has 0 aromatic heterocycles. The average molecular weight is 349 g/mol. The fourth-order valence-electron chi connectivity index (χ4n) is 3.72. The summed E-state index contributed by atoms with van der Waals surface area (Å²) in [7, 11) is 0. The van der Waals surface area contributed by atoms with E-state index in [-0.39, 0.29) is 5.92 Å². The van der Waals surface area contributed by atoms with Crippen LogP contribution in [0.15, 0.2) is 72.8 Å². The van der Waals surface area contributed by atoms with E-state index in [4.69, 9.17) is 4.74 Å². The van der Waals surface area contributed by atoms with Crippen molar-refractivity contribution >= 4 is 12.0 Å². The number of rotatable bonds is 4. The summed E-state index contributed by atoms with van der Waals surface area (Å²) < 4.78 is 6.00. The molecular weight excluding hydrogens is 326 g/mol. The summed E-state index contributed by atoms with van der Waals surface area (Å²) in [6, 6.07) is 18.7. The number of benzene rings is 2. The van der Waals surface area contributed by atoms with E-state index in [9.17, 15) is 9.59 Å². The Morgan fingerprint density at radius 1 is 1.04 bits per heavy atom. The Hall–Kier alpha value is -2.88. The zero-order chi connectivity index (χ0) is 18.9. The second-order valence-electron chi connectivity index (χ2n) is 6.98. The van der Waals surface area contributed by atoms with Gasteiger partial charge in [-0.1, -0.05) is 81.1 Å². The average Bonchev–Trinajstić information content (AvgIpc) is 2.96.